The van der Waals surface area contributed by atoms with E-state index in [9.17, 15) is 4.79 Å². The quantitative estimate of drug-likeness (QED) is 0.720. The molecule has 16 heavy (non-hydrogen) atoms. The van der Waals surface area contributed by atoms with Crippen LogP contribution in [-0.2, 0) is 4.79 Å². The fraction of sp³-hybridized carbons (Fsp3) is 0.923. The Morgan fingerprint density at radius 3 is 1.94 bits per heavy atom. The van der Waals surface area contributed by atoms with Gasteiger partial charge in [-0.05, 0) is 40.8 Å². The second-order valence-corrected chi connectivity index (χ2v) is 6.12. The van der Waals surface area contributed by atoms with Crippen molar-refractivity contribution in [3.63, 3.8) is 0 Å². The van der Waals surface area contributed by atoms with E-state index in [4.69, 9.17) is 0 Å². The average molecular weight is 228 g/mol. The topological polar surface area (TPSA) is 23.6 Å². The van der Waals surface area contributed by atoms with Gasteiger partial charge in [0.1, 0.15) is 0 Å². The van der Waals surface area contributed by atoms with Gasteiger partial charge in [-0.1, -0.05) is 13.8 Å². The molecule has 0 aliphatic heterocycles. The van der Waals surface area contributed by atoms with Crippen molar-refractivity contribution in [1.29, 1.82) is 0 Å². The minimum absolute atomic E-state index is 0.0814. The highest BCUT2D eigenvalue weighted by Crippen LogP contribution is 2.16. The Bertz CT molecular complexity index is 216. The number of rotatable bonds is 5. The molecule has 1 amide bonds. The molecule has 0 aliphatic rings. The van der Waals surface area contributed by atoms with Gasteiger partial charge >= 0.3 is 0 Å². The molecule has 0 saturated heterocycles. The zero-order valence-electron chi connectivity index (χ0n) is 12.0. The molecule has 0 heterocycles. The second-order valence-electron chi connectivity index (χ2n) is 6.12. The number of carbonyl (C=O) groups excluding carboxylic acids is 1. The summed E-state index contributed by atoms with van der Waals surface area (Å²) in [5.74, 6) is 0.695. The highest BCUT2D eigenvalue weighted by Gasteiger charge is 2.26. The minimum Gasteiger partial charge on any atom is -0.337 e. The van der Waals surface area contributed by atoms with Crippen molar-refractivity contribution in [2.75, 3.05) is 27.2 Å². The van der Waals surface area contributed by atoms with Crippen LogP contribution in [0.1, 0.15) is 41.0 Å². The van der Waals surface area contributed by atoms with Crippen LogP contribution in [0.4, 0.5) is 0 Å². The van der Waals surface area contributed by atoms with Crippen molar-refractivity contribution in [3.8, 4) is 0 Å². The van der Waals surface area contributed by atoms with E-state index in [1.165, 1.54) is 0 Å². The van der Waals surface area contributed by atoms with Crippen LogP contribution in [-0.4, -0.2) is 48.4 Å². The number of likely N-dealkylation sites (N-methyl/N-ethyl adjacent to an activating group) is 1. The van der Waals surface area contributed by atoms with Gasteiger partial charge in [0.05, 0.1) is 0 Å². The van der Waals surface area contributed by atoms with Crippen LogP contribution >= 0.6 is 0 Å². The second kappa shape index (κ2) is 6.24. The largest absolute Gasteiger partial charge is 0.337 e. The van der Waals surface area contributed by atoms with Gasteiger partial charge in [0, 0.05) is 25.0 Å². The Kier molecular flexibility index (Phi) is 6.01. The average Bonchev–Trinajstić information content (AvgIpc) is 1.98. The van der Waals surface area contributed by atoms with E-state index < -0.39 is 0 Å². The predicted octanol–water partition coefficient (Wildman–Crippen LogP) is 2.22. The van der Waals surface area contributed by atoms with Crippen LogP contribution in [0.5, 0.6) is 0 Å². The number of amides is 1. The molecule has 0 unspecified atom stereocenters. The molecule has 0 atom stereocenters. The zero-order valence-corrected chi connectivity index (χ0v) is 12.0. The molecule has 0 saturated carbocycles. The molecule has 3 heteroatoms. The Morgan fingerprint density at radius 1 is 1.12 bits per heavy atom. The van der Waals surface area contributed by atoms with Gasteiger partial charge in [0.15, 0.2) is 0 Å². The lowest BCUT2D eigenvalue weighted by Gasteiger charge is -2.37. The van der Waals surface area contributed by atoms with Gasteiger partial charge < -0.3 is 9.80 Å². The molecular weight excluding hydrogens is 200 g/mol. The third kappa shape index (κ3) is 6.11. The van der Waals surface area contributed by atoms with Gasteiger partial charge in [-0.15, -0.1) is 0 Å². The van der Waals surface area contributed by atoms with E-state index in [0.29, 0.717) is 12.3 Å². The highest BCUT2D eigenvalue weighted by molar-refractivity contribution is 5.77. The summed E-state index contributed by atoms with van der Waals surface area (Å²) in [6, 6.07) is 0. The highest BCUT2D eigenvalue weighted by atomic mass is 16.2. The molecule has 3 nitrogen and oxygen atoms in total. The SMILES string of the molecule is CC(C)CC(=O)N(CCN(C)C)C(C)(C)C. The standard InChI is InChI=1S/C13H28N2O/c1-11(2)10-12(16)15(13(3,4)5)9-8-14(6)7/h11H,8-10H2,1-7H3. The van der Waals surface area contributed by atoms with Crippen molar-refractivity contribution >= 4 is 5.91 Å². The van der Waals surface area contributed by atoms with Gasteiger partial charge in [0.25, 0.3) is 0 Å². The molecule has 0 rings (SSSR count). The molecule has 0 spiro atoms. The van der Waals surface area contributed by atoms with E-state index in [-0.39, 0.29) is 11.4 Å². The summed E-state index contributed by atoms with van der Waals surface area (Å²) in [6.07, 6.45) is 0.644. The fourth-order valence-electron chi connectivity index (χ4n) is 1.59. The Balaban J connectivity index is 4.49. The summed E-state index contributed by atoms with van der Waals surface area (Å²) in [4.78, 5) is 16.2. The van der Waals surface area contributed by atoms with E-state index in [1.54, 1.807) is 0 Å². The van der Waals surface area contributed by atoms with Crippen molar-refractivity contribution in [3.05, 3.63) is 0 Å². The molecule has 0 radical (unpaired) electrons. The van der Waals surface area contributed by atoms with E-state index in [1.807, 2.05) is 19.0 Å². The predicted molar refractivity (Wildman–Crippen MR) is 69.5 cm³/mol. The third-order valence-corrected chi connectivity index (χ3v) is 2.46. The maximum Gasteiger partial charge on any atom is 0.223 e. The Hall–Kier alpha value is -0.570. The number of hydrogen-bond acceptors (Lipinski definition) is 2. The van der Waals surface area contributed by atoms with Gasteiger partial charge in [-0.3, -0.25) is 4.79 Å². The first-order valence-electron chi connectivity index (χ1n) is 6.09. The van der Waals surface area contributed by atoms with Crippen LogP contribution < -0.4 is 0 Å². The first-order chi connectivity index (χ1) is 7.14. The fourth-order valence-corrected chi connectivity index (χ4v) is 1.59. The van der Waals surface area contributed by atoms with Crippen LogP contribution in [0.3, 0.4) is 0 Å². The van der Waals surface area contributed by atoms with Crippen LogP contribution in [0.25, 0.3) is 0 Å². The lowest BCUT2D eigenvalue weighted by Crippen LogP contribution is -2.48. The Morgan fingerprint density at radius 2 is 1.62 bits per heavy atom. The molecular formula is C13H28N2O. The summed E-state index contributed by atoms with van der Waals surface area (Å²) in [5.41, 5.74) is -0.0814. The number of hydrogen-bond donors (Lipinski definition) is 0. The van der Waals surface area contributed by atoms with Crippen LogP contribution in [0, 0.1) is 5.92 Å². The molecule has 0 aromatic heterocycles. The van der Waals surface area contributed by atoms with Gasteiger partial charge in [0.2, 0.25) is 5.91 Å². The van der Waals surface area contributed by atoms with Crippen LogP contribution in [0.2, 0.25) is 0 Å². The maximum absolute atomic E-state index is 12.1. The number of nitrogens with zero attached hydrogens (tertiary/aromatic N) is 2. The normalized spacial score (nSPS) is 12.3. The summed E-state index contributed by atoms with van der Waals surface area (Å²) in [7, 11) is 4.07. The monoisotopic (exact) mass is 228 g/mol. The smallest absolute Gasteiger partial charge is 0.223 e. The molecule has 0 aromatic carbocycles. The number of carbonyl (C=O) groups is 1. The Labute approximate surface area is 101 Å². The summed E-state index contributed by atoms with van der Waals surface area (Å²) in [5, 5.41) is 0. The lowest BCUT2D eigenvalue weighted by molar-refractivity contribution is -0.136. The van der Waals surface area contributed by atoms with Crippen molar-refractivity contribution in [2.24, 2.45) is 5.92 Å². The molecule has 0 aromatic rings. The van der Waals surface area contributed by atoms with Crippen molar-refractivity contribution in [1.82, 2.24) is 9.80 Å². The van der Waals surface area contributed by atoms with Gasteiger partial charge in [-0.25, -0.2) is 0 Å². The van der Waals surface area contributed by atoms with E-state index in [0.717, 1.165) is 13.1 Å². The van der Waals surface area contributed by atoms with E-state index in [2.05, 4.69) is 39.5 Å². The first-order valence-corrected chi connectivity index (χ1v) is 6.09. The molecule has 0 N–H and O–H groups in total. The van der Waals surface area contributed by atoms with E-state index >= 15 is 0 Å². The molecule has 0 fully saturated rings. The van der Waals surface area contributed by atoms with Crippen LogP contribution in [0.15, 0.2) is 0 Å². The maximum atomic E-state index is 12.1. The lowest BCUT2D eigenvalue weighted by atomic mass is 10.0. The molecule has 0 aliphatic carbocycles. The molecule has 96 valence electrons. The van der Waals surface area contributed by atoms with Crippen molar-refractivity contribution < 1.29 is 4.79 Å². The minimum atomic E-state index is -0.0814. The van der Waals surface area contributed by atoms with Crippen molar-refractivity contribution in [2.45, 2.75) is 46.6 Å². The summed E-state index contributed by atoms with van der Waals surface area (Å²) >= 11 is 0. The zero-order chi connectivity index (χ0) is 12.9. The third-order valence-electron chi connectivity index (χ3n) is 2.46. The molecule has 0 bridgehead atoms. The summed E-state index contributed by atoms with van der Waals surface area (Å²) < 4.78 is 0. The summed E-state index contributed by atoms with van der Waals surface area (Å²) in [6.45, 7) is 12.2. The first kappa shape index (κ1) is 15.4. The van der Waals surface area contributed by atoms with Gasteiger partial charge in [-0.2, -0.15) is 0 Å².